The summed E-state index contributed by atoms with van der Waals surface area (Å²) >= 11 is 4.82. The number of rotatable bonds is 4. The summed E-state index contributed by atoms with van der Waals surface area (Å²) in [7, 11) is 0. The normalized spacial score (nSPS) is 30.7. The molecule has 0 amide bonds. The molecule has 3 nitrogen and oxygen atoms in total. The van der Waals surface area contributed by atoms with E-state index in [1.807, 2.05) is 0 Å². The molecule has 2 saturated carbocycles. The van der Waals surface area contributed by atoms with Gasteiger partial charge in [-0.2, -0.15) is 36.3 Å². The largest absolute Gasteiger partial charge is 0.417 e. The number of anilines is 1. The Morgan fingerprint density at radius 3 is 2.68 bits per heavy atom. The third kappa shape index (κ3) is 3.18. The van der Waals surface area contributed by atoms with E-state index >= 15 is 0 Å². The minimum absolute atomic E-state index is 0.152. The third-order valence-corrected chi connectivity index (χ3v) is 6.58. The lowest BCUT2D eigenvalue weighted by Gasteiger charge is -2.39. The maximum atomic E-state index is 13.1. The van der Waals surface area contributed by atoms with Crippen molar-refractivity contribution < 1.29 is 13.2 Å². The summed E-state index contributed by atoms with van der Waals surface area (Å²) in [4.78, 5) is 0. The van der Waals surface area contributed by atoms with E-state index in [9.17, 15) is 13.2 Å². The smallest absolute Gasteiger partial charge is 0.385 e. The second kappa shape index (κ2) is 6.46. The number of benzene rings is 1. The number of halogens is 3. The minimum atomic E-state index is -4.57. The molecule has 2 bridgehead atoms. The van der Waals surface area contributed by atoms with Crippen LogP contribution in [0.3, 0.4) is 0 Å². The van der Waals surface area contributed by atoms with E-state index in [2.05, 4.69) is 11.4 Å². The quantitative estimate of drug-likeness (QED) is 0.766. The minimum Gasteiger partial charge on any atom is -0.385 e. The van der Waals surface area contributed by atoms with Crippen molar-refractivity contribution in [1.82, 2.24) is 0 Å². The van der Waals surface area contributed by atoms with Gasteiger partial charge in [0.25, 0.3) is 0 Å². The molecule has 2 aliphatic carbocycles. The lowest BCUT2D eigenvalue weighted by atomic mass is 9.76. The van der Waals surface area contributed by atoms with Crippen molar-refractivity contribution in [2.24, 2.45) is 17.8 Å². The molecule has 0 aliphatic heterocycles. The van der Waals surface area contributed by atoms with Crippen molar-refractivity contribution in [3.05, 3.63) is 29.3 Å². The van der Waals surface area contributed by atoms with Gasteiger partial charge in [0.2, 0.25) is 0 Å². The van der Waals surface area contributed by atoms with Gasteiger partial charge in [0, 0.05) is 17.0 Å². The van der Waals surface area contributed by atoms with Crippen LogP contribution in [0.4, 0.5) is 18.9 Å². The maximum absolute atomic E-state index is 13.1. The van der Waals surface area contributed by atoms with Crippen molar-refractivity contribution in [2.45, 2.75) is 36.6 Å². The summed E-state index contributed by atoms with van der Waals surface area (Å²) in [6.07, 6.45) is -1.01. The molecule has 2 aliphatic rings. The highest BCUT2D eigenvalue weighted by Crippen LogP contribution is 2.58. The van der Waals surface area contributed by atoms with Gasteiger partial charge in [-0.15, -0.1) is 0 Å². The fraction of sp³-hybridized carbons (Fsp3) is 0.556. The van der Waals surface area contributed by atoms with E-state index in [0.717, 1.165) is 25.3 Å². The Balaban J connectivity index is 1.78. The van der Waals surface area contributed by atoms with Gasteiger partial charge in [0.1, 0.15) is 0 Å². The van der Waals surface area contributed by atoms with E-state index < -0.39 is 11.7 Å². The zero-order chi connectivity index (χ0) is 18.2. The number of nitriles is 2. The summed E-state index contributed by atoms with van der Waals surface area (Å²) in [6.45, 7) is 0.482. The van der Waals surface area contributed by atoms with Gasteiger partial charge in [0.05, 0.1) is 29.7 Å². The van der Waals surface area contributed by atoms with Crippen LogP contribution in [0, 0.1) is 40.4 Å². The van der Waals surface area contributed by atoms with Crippen molar-refractivity contribution in [1.29, 1.82) is 10.5 Å². The molecule has 4 atom stereocenters. The molecule has 4 unspecified atom stereocenters. The highest BCUT2D eigenvalue weighted by molar-refractivity contribution is 7.81. The number of hydrogen-bond acceptors (Lipinski definition) is 4. The van der Waals surface area contributed by atoms with Crippen LogP contribution in [-0.4, -0.2) is 11.3 Å². The topological polar surface area (TPSA) is 59.6 Å². The number of thiol groups is 1. The predicted octanol–water partition coefficient (Wildman–Crippen LogP) is 4.62. The summed E-state index contributed by atoms with van der Waals surface area (Å²) in [6, 6.07) is 7.46. The van der Waals surface area contributed by atoms with E-state index in [0.29, 0.717) is 30.5 Å². The summed E-state index contributed by atoms with van der Waals surface area (Å²) in [5, 5.41) is 21.1. The van der Waals surface area contributed by atoms with Gasteiger partial charge in [-0.25, -0.2) is 0 Å². The molecule has 1 aromatic carbocycles. The summed E-state index contributed by atoms with van der Waals surface area (Å²) in [5.41, 5.74) is -0.977. The van der Waals surface area contributed by atoms with Crippen molar-refractivity contribution in [3.8, 4) is 12.1 Å². The van der Waals surface area contributed by atoms with E-state index in [-0.39, 0.29) is 16.2 Å². The van der Waals surface area contributed by atoms with Gasteiger partial charge in [-0.1, -0.05) is 0 Å². The van der Waals surface area contributed by atoms with Gasteiger partial charge in [-0.3, -0.25) is 0 Å². The zero-order valence-corrected chi connectivity index (χ0v) is 14.4. The van der Waals surface area contributed by atoms with Crippen LogP contribution in [0.15, 0.2) is 18.2 Å². The molecule has 2 fully saturated rings. The first-order valence-corrected chi connectivity index (χ1v) is 8.69. The molecule has 25 heavy (non-hydrogen) atoms. The molecule has 0 heterocycles. The van der Waals surface area contributed by atoms with Crippen molar-refractivity contribution in [2.75, 3.05) is 11.9 Å². The van der Waals surface area contributed by atoms with E-state index in [1.54, 1.807) is 6.07 Å². The molecule has 0 aromatic heterocycles. The van der Waals surface area contributed by atoms with Crippen molar-refractivity contribution >= 4 is 18.3 Å². The van der Waals surface area contributed by atoms with Crippen molar-refractivity contribution in [3.63, 3.8) is 0 Å². The molecule has 0 saturated heterocycles. The Morgan fingerprint density at radius 1 is 1.28 bits per heavy atom. The van der Waals surface area contributed by atoms with E-state index in [4.69, 9.17) is 23.2 Å². The molecular weight excluding hydrogens is 347 g/mol. The lowest BCUT2D eigenvalue weighted by molar-refractivity contribution is -0.137. The molecule has 132 valence electrons. The standard InChI is InChI=1S/C18H18F3N3S/c19-18(20,21)15-8-14(4-2-12(15)9-23)24-10-16-11-1-3-13(7-11)17(16,25)5-6-22/h2,4,8,11,13,16,24-25H,1,3,5,7,10H2. The number of fused-ring (bicyclic) bond motifs is 2. The first-order valence-electron chi connectivity index (χ1n) is 8.24. The summed E-state index contributed by atoms with van der Waals surface area (Å²) < 4.78 is 38.9. The number of nitrogens with zero attached hydrogens (tertiary/aromatic N) is 2. The Kier molecular flexibility index (Phi) is 4.64. The highest BCUT2D eigenvalue weighted by atomic mass is 32.1. The zero-order valence-electron chi connectivity index (χ0n) is 13.5. The number of alkyl halides is 3. The van der Waals surface area contributed by atoms with Crippen LogP contribution in [0.5, 0.6) is 0 Å². The Hall–Kier alpha value is -1.86. The number of hydrogen-bond donors (Lipinski definition) is 2. The second-order valence-electron chi connectivity index (χ2n) is 6.95. The molecule has 0 radical (unpaired) electrons. The average Bonchev–Trinajstić information content (AvgIpc) is 3.13. The van der Waals surface area contributed by atoms with Crippen LogP contribution >= 0.6 is 12.6 Å². The Morgan fingerprint density at radius 2 is 2.04 bits per heavy atom. The number of nitrogens with one attached hydrogen (secondary N) is 1. The SMILES string of the molecule is N#CCC1(S)C2CCC(C2)C1CNc1ccc(C#N)c(C(F)(F)F)c1. The maximum Gasteiger partial charge on any atom is 0.417 e. The van der Waals surface area contributed by atoms with Crippen LogP contribution < -0.4 is 5.32 Å². The van der Waals surface area contributed by atoms with Crippen LogP contribution in [-0.2, 0) is 6.18 Å². The van der Waals surface area contributed by atoms with Gasteiger partial charge in [0.15, 0.2) is 0 Å². The highest BCUT2D eigenvalue weighted by Gasteiger charge is 2.55. The first kappa shape index (κ1) is 17.9. The van der Waals surface area contributed by atoms with Crippen LogP contribution in [0.2, 0.25) is 0 Å². The molecule has 3 rings (SSSR count). The van der Waals surface area contributed by atoms with Gasteiger partial charge >= 0.3 is 6.18 Å². The fourth-order valence-electron chi connectivity index (χ4n) is 4.51. The second-order valence-corrected chi connectivity index (χ2v) is 7.79. The molecular formula is C18H18F3N3S. The van der Waals surface area contributed by atoms with E-state index in [1.165, 1.54) is 12.1 Å². The van der Waals surface area contributed by atoms with Crippen LogP contribution in [0.1, 0.15) is 36.8 Å². The fourth-order valence-corrected chi connectivity index (χ4v) is 5.11. The molecule has 7 heteroatoms. The average molecular weight is 365 g/mol. The molecule has 1 aromatic rings. The van der Waals surface area contributed by atoms with Gasteiger partial charge in [-0.05, 0) is 55.2 Å². The Labute approximate surface area is 150 Å². The van der Waals surface area contributed by atoms with Gasteiger partial charge < -0.3 is 5.32 Å². The lowest BCUT2D eigenvalue weighted by Crippen LogP contribution is -2.41. The van der Waals surface area contributed by atoms with Crippen LogP contribution in [0.25, 0.3) is 0 Å². The Bertz CT molecular complexity index is 749. The molecule has 1 N–H and O–H groups in total. The third-order valence-electron chi connectivity index (χ3n) is 5.73. The predicted molar refractivity (Wildman–Crippen MR) is 90.9 cm³/mol. The molecule has 0 spiro atoms. The summed E-state index contributed by atoms with van der Waals surface area (Å²) in [5.74, 6) is 1.02. The first-order chi connectivity index (χ1) is 11.8. The monoisotopic (exact) mass is 365 g/mol.